The van der Waals surface area contributed by atoms with Crippen LogP contribution in [0.2, 0.25) is 0 Å². The monoisotopic (exact) mass is 212 g/mol. The first kappa shape index (κ1) is 11.4. The highest BCUT2D eigenvalue weighted by Crippen LogP contribution is 2.24. The number of nitrogens with two attached hydrogens (primary N) is 2. The summed E-state index contributed by atoms with van der Waals surface area (Å²) in [5.41, 5.74) is 9.90. The Balaban J connectivity index is 2.99. The highest BCUT2D eigenvalue weighted by atomic mass is 16.2. The van der Waals surface area contributed by atoms with Gasteiger partial charge >= 0.3 is 0 Å². The highest BCUT2D eigenvalue weighted by molar-refractivity contribution is 6.13. The quantitative estimate of drug-likeness (QED) is 0.553. The lowest BCUT2D eigenvalue weighted by Gasteiger charge is -2.23. The molecule has 0 radical (unpaired) electrons. The molecule has 1 fully saturated rings. The number of ketones is 2. The number of amides is 2. The van der Waals surface area contributed by atoms with E-state index < -0.39 is 35.2 Å². The van der Waals surface area contributed by atoms with E-state index in [4.69, 9.17) is 11.5 Å². The fraction of sp³-hybridized carbons (Fsp3) is 0.556. The van der Waals surface area contributed by atoms with Crippen LogP contribution in [0.4, 0.5) is 0 Å². The van der Waals surface area contributed by atoms with Crippen LogP contribution in [0, 0.1) is 11.8 Å². The summed E-state index contributed by atoms with van der Waals surface area (Å²) >= 11 is 0. The van der Waals surface area contributed by atoms with Crippen LogP contribution in [0.15, 0.2) is 0 Å². The van der Waals surface area contributed by atoms with Crippen LogP contribution in [0.3, 0.4) is 0 Å². The molecule has 0 aromatic carbocycles. The van der Waals surface area contributed by atoms with Gasteiger partial charge in [-0.15, -0.1) is 0 Å². The normalized spacial score (nSPS) is 18.2. The van der Waals surface area contributed by atoms with E-state index in [1.807, 2.05) is 0 Å². The Bertz CT molecular complexity index is 307. The van der Waals surface area contributed by atoms with Gasteiger partial charge in [-0.3, -0.25) is 19.2 Å². The first-order valence-corrected chi connectivity index (χ1v) is 4.59. The van der Waals surface area contributed by atoms with Crippen molar-refractivity contribution in [1.29, 1.82) is 0 Å². The predicted molar refractivity (Wildman–Crippen MR) is 49.2 cm³/mol. The third-order valence-electron chi connectivity index (χ3n) is 2.49. The number of primary amides is 2. The zero-order valence-corrected chi connectivity index (χ0v) is 8.06. The Labute approximate surface area is 86.0 Å². The van der Waals surface area contributed by atoms with Gasteiger partial charge in [-0.05, 0) is 6.42 Å². The Morgan fingerprint density at radius 3 is 1.80 bits per heavy atom. The maximum Gasteiger partial charge on any atom is 0.231 e. The van der Waals surface area contributed by atoms with Crippen molar-refractivity contribution >= 4 is 23.4 Å². The standard InChI is InChI=1S/C9H12N2O4/c10-8(14)7(9(11)15)6-4(12)2-1-3-5(6)13/h6-7H,1-3H2,(H2,10,14)(H2,11,15). The average Bonchev–Trinajstić information content (AvgIpc) is 2.09. The van der Waals surface area contributed by atoms with E-state index in [2.05, 4.69) is 0 Å². The number of carbonyl (C=O) groups excluding carboxylic acids is 4. The van der Waals surface area contributed by atoms with E-state index in [1.165, 1.54) is 0 Å². The lowest BCUT2D eigenvalue weighted by Crippen LogP contribution is -2.47. The van der Waals surface area contributed by atoms with Gasteiger partial charge in [0.1, 0.15) is 17.5 Å². The molecule has 2 amide bonds. The fourth-order valence-electron chi connectivity index (χ4n) is 1.77. The fourth-order valence-corrected chi connectivity index (χ4v) is 1.77. The Hall–Kier alpha value is -1.72. The molecule has 6 nitrogen and oxygen atoms in total. The van der Waals surface area contributed by atoms with Gasteiger partial charge in [0.15, 0.2) is 0 Å². The third kappa shape index (κ3) is 2.20. The summed E-state index contributed by atoms with van der Waals surface area (Å²) in [5, 5.41) is 0. The number of Topliss-reactive ketones (excluding diaryl/α,β-unsaturated/α-hetero) is 2. The minimum atomic E-state index is -1.50. The molecule has 1 rings (SSSR count). The molecule has 15 heavy (non-hydrogen) atoms. The molecular formula is C9H12N2O4. The summed E-state index contributed by atoms with van der Waals surface area (Å²) in [6.07, 6.45) is 0.833. The van der Waals surface area contributed by atoms with Crippen molar-refractivity contribution < 1.29 is 19.2 Å². The second-order valence-corrected chi connectivity index (χ2v) is 3.55. The molecule has 1 aliphatic carbocycles. The van der Waals surface area contributed by atoms with Gasteiger partial charge in [-0.1, -0.05) is 0 Å². The van der Waals surface area contributed by atoms with Crippen molar-refractivity contribution in [1.82, 2.24) is 0 Å². The van der Waals surface area contributed by atoms with Crippen LogP contribution in [-0.2, 0) is 19.2 Å². The molecule has 0 bridgehead atoms. The van der Waals surface area contributed by atoms with Gasteiger partial charge < -0.3 is 11.5 Å². The molecule has 0 aromatic heterocycles. The van der Waals surface area contributed by atoms with Gasteiger partial charge in [-0.2, -0.15) is 0 Å². The van der Waals surface area contributed by atoms with E-state index in [0.29, 0.717) is 6.42 Å². The van der Waals surface area contributed by atoms with Crippen LogP contribution < -0.4 is 11.5 Å². The molecular weight excluding hydrogens is 200 g/mol. The van der Waals surface area contributed by atoms with E-state index in [0.717, 1.165) is 0 Å². The van der Waals surface area contributed by atoms with Crippen molar-refractivity contribution in [3.05, 3.63) is 0 Å². The first-order valence-electron chi connectivity index (χ1n) is 4.59. The molecule has 0 saturated heterocycles. The summed E-state index contributed by atoms with van der Waals surface area (Å²) < 4.78 is 0. The molecule has 0 spiro atoms. The van der Waals surface area contributed by atoms with Crippen LogP contribution in [0.5, 0.6) is 0 Å². The molecule has 0 atom stereocenters. The van der Waals surface area contributed by atoms with E-state index in [-0.39, 0.29) is 12.8 Å². The van der Waals surface area contributed by atoms with Gasteiger partial charge in [0.05, 0.1) is 5.92 Å². The summed E-state index contributed by atoms with van der Waals surface area (Å²) in [5.74, 6) is -5.63. The smallest absolute Gasteiger partial charge is 0.231 e. The Kier molecular flexibility index (Phi) is 3.18. The maximum atomic E-state index is 11.4. The van der Waals surface area contributed by atoms with Crippen molar-refractivity contribution in [3.63, 3.8) is 0 Å². The minimum absolute atomic E-state index is 0.188. The number of hydrogen-bond donors (Lipinski definition) is 2. The second kappa shape index (κ2) is 4.20. The molecule has 1 aliphatic rings. The van der Waals surface area contributed by atoms with Crippen LogP contribution >= 0.6 is 0 Å². The molecule has 1 saturated carbocycles. The maximum absolute atomic E-state index is 11.4. The van der Waals surface area contributed by atoms with Crippen LogP contribution in [0.1, 0.15) is 19.3 Å². The number of hydrogen-bond acceptors (Lipinski definition) is 4. The van der Waals surface area contributed by atoms with E-state index in [1.54, 1.807) is 0 Å². The minimum Gasteiger partial charge on any atom is -0.369 e. The first-order chi connectivity index (χ1) is 6.95. The predicted octanol–water partition coefficient (Wildman–Crippen LogP) is -1.49. The third-order valence-corrected chi connectivity index (χ3v) is 2.49. The molecule has 0 heterocycles. The lowest BCUT2D eigenvalue weighted by molar-refractivity contribution is -0.147. The van der Waals surface area contributed by atoms with Crippen molar-refractivity contribution in [2.75, 3.05) is 0 Å². The van der Waals surface area contributed by atoms with Crippen LogP contribution in [-0.4, -0.2) is 23.4 Å². The SMILES string of the molecule is NC(=O)C(C(N)=O)C1C(=O)CCCC1=O. The summed E-state index contributed by atoms with van der Waals surface area (Å²) in [6, 6.07) is 0. The molecule has 4 N–H and O–H groups in total. The average molecular weight is 212 g/mol. The molecule has 0 aliphatic heterocycles. The van der Waals surface area contributed by atoms with Gasteiger partial charge in [0.2, 0.25) is 11.8 Å². The second-order valence-electron chi connectivity index (χ2n) is 3.55. The lowest BCUT2D eigenvalue weighted by atomic mass is 9.77. The topological polar surface area (TPSA) is 120 Å². The zero-order valence-electron chi connectivity index (χ0n) is 8.06. The van der Waals surface area contributed by atoms with Crippen molar-refractivity contribution in [2.45, 2.75) is 19.3 Å². The number of carbonyl (C=O) groups is 4. The van der Waals surface area contributed by atoms with Crippen molar-refractivity contribution in [2.24, 2.45) is 23.3 Å². The molecule has 0 unspecified atom stereocenters. The van der Waals surface area contributed by atoms with Crippen molar-refractivity contribution in [3.8, 4) is 0 Å². The summed E-state index contributed by atoms with van der Waals surface area (Å²) in [4.78, 5) is 44.7. The van der Waals surface area contributed by atoms with Gasteiger partial charge in [0.25, 0.3) is 0 Å². The molecule has 82 valence electrons. The van der Waals surface area contributed by atoms with Crippen LogP contribution in [0.25, 0.3) is 0 Å². The Morgan fingerprint density at radius 1 is 1.07 bits per heavy atom. The summed E-state index contributed by atoms with van der Waals surface area (Å²) in [7, 11) is 0. The molecule has 0 aromatic rings. The number of rotatable bonds is 3. The largest absolute Gasteiger partial charge is 0.369 e. The van der Waals surface area contributed by atoms with E-state index >= 15 is 0 Å². The summed E-state index contributed by atoms with van der Waals surface area (Å²) in [6.45, 7) is 0. The zero-order chi connectivity index (χ0) is 11.6. The highest BCUT2D eigenvalue weighted by Gasteiger charge is 2.42. The van der Waals surface area contributed by atoms with Gasteiger partial charge in [-0.25, -0.2) is 0 Å². The van der Waals surface area contributed by atoms with Gasteiger partial charge in [0, 0.05) is 12.8 Å². The molecule has 6 heteroatoms. The van der Waals surface area contributed by atoms with E-state index in [9.17, 15) is 19.2 Å². The Morgan fingerprint density at radius 2 is 1.47 bits per heavy atom.